The van der Waals surface area contributed by atoms with Crippen molar-refractivity contribution in [1.29, 1.82) is 0 Å². The van der Waals surface area contributed by atoms with E-state index in [0.29, 0.717) is 18.8 Å². The van der Waals surface area contributed by atoms with E-state index < -0.39 is 0 Å². The number of amides is 1. The van der Waals surface area contributed by atoms with Crippen LogP contribution >= 0.6 is 0 Å². The third kappa shape index (κ3) is 1.62. The molecule has 2 bridgehead atoms. The molecule has 0 unspecified atom stereocenters. The van der Waals surface area contributed by atoms with Crippen LogP contribution in [0.2, 0.25) is 0 Å². The fraction of sp³-hybridized carbons (Fsp3) is 0.818. The highest BCUT2D eigenvalue weighted by Gasteiger charge is 2.47. The van der Waals surface area contributed by atoms with Crippen LogP contribution in [0.1, 0.15) is 33.1 Å². The van der Waals surface area contributed by atoms with Crippen LogP contribution in [0.15, 0.2) is 0 Å². The van der Waals surface area contributed by atoms with Crippen molar-refractivity contribution in [2.45, 2.75) is 45.2 Å². The van der Waals surface area contributed by atoms with E-state index in [9.17, 15) is 9.59 Å². The van der Waals surface area contributed by atoms with Gasteiger partial charge < -0.3 is 9.64 Å². The molecule has 2 heterocycles. The molecule has 2 aliphatic rings. The van der Waals surface area contributed by atoms with E-state index >= 15 is 0 Å². The van der Waals surface area contributed by atoms with Crippen LogP contribution in [0.25, 0.3) is 0 Å². The van der Waals surface area contributed by atoms with Crippen LogP contribution in [-0.4, -0.2) is 35.5 Å². The van der Waals surface area contributed by atoms with Crippen molar-refractivity contribution in [2.24, 2.45) is 5.92 Å². The molecule has 0 radical (unpaired) electrons. The molecule has 84 valence electrons. The summed E-state index contributed by atoms with van der Waals surface area (Å²) in [6, 6.07) is 0.174. The number of hydrogen-bond donors (Lipinski definition) is 0. The minimum absolute atomic E-state index is 0.0202. The number of hydrogen-bond acceptors (Lipinski definition) is 3. The molecule has 3 atom stereocenters. The first kappa shape index (κ1) is 10.5. The zero-order valence-corrected chi connectivity index (χ0v) is 9.23. The second-order valence-electron chi connectivity index (χ2n) is 4.36. The van der Waals surface area contributed by atoms with Crippen molar-refractivity contribution >= 4 is 11.9 Å². The lowest BCUT2D eigenvalue weighted by Crippen LogP contribution is -2.51. The largest absolute Gasteiger partial charge is 0.450 e. The lowest BCUT2D eigenvalue weighted by molar-refractivity contribution is -0.127. The molecule has 15 heavy (non-hydrogen) atoms. The van der Waals surface area contributed by atoms with Crippen molar-refractivity contribution in [1.82, 2.24) is 4.90 Å². The number of carbonyl (C=O) groups excluding carboxylic acids is 2. The maximum atomic E-state index is 11.7. The Balaban J connectivity index is 2.14. The van der Waals surface area contributed by atoms with Crippen LogP contribution in [0.5, 0.6) is 0 Å². The number of piperidine rings is 1. The molecule has 2 aliphatic heterocycles. The summed E-state index contributed by atoms with van der Waals surface area (Å²) in [6.45, 7) is 4.12. The van der Waals surface area contributed by atoms with Gasteiger partial charge in [-0.25, -0.2) is 4.79 Å². The van der Waals surface area contributed by atoms with Crippen LogP contribution in [0.4, 0.5) is 4.79 Å². The van der Waals surface area contributed by atoms with Gasteiger partial charge >= 0.3 is 6.09 Å². The first-order valence-electron chi connectivity index (χ1n) is 5.63. The van der Waals surface area contributed by atoms with Gasteiger partial charge in [0.25, 0.3) is 0 Å². The Morgan fingerprint density at radius 2 is 2.27 bits per heavy atom. The van der Waals surface area contributed by atoms with E-state index in [1.165, 1.54) is 0 Å². The summed E-state index contributed by atoms with van der Waals surface area (Å²) >= 11 is 0. The molecule has 2 rings (SSSR count). The highest BCUT2D eigenvalue weighted by atomic mass is 16.6. The van der Waals surface area contributed by atoms with Gasteiger partial charge in [0, 0.05) is 24.4 Å². The molecule has 1 amide bonds. The van der Waals surface area contributed by atoms with Gasteiger partial charge in [-0.05, 0) is 19.8 Å². The van der Waals surface area contributed by atoms with Gasteiger partial charge in [0.1, 0.15) is 5.78 Å². The first-order valence-corrected chi connectivity index (χ1v) is 5.63. The molecule has 2 fully saturated rings. The second-order valence-corrected chi connectivity index (χ2v) is 4.36. The highest BCUT2D eigenvalue weighted by molar-refractivity contribution is 5.85. The van der Waals surface area contributed by atoms with E-state index in [0.717, 1.165) is 12.8 Å². The molecule has 0 aromatic heterocycles. The van der Waals surface area contributed by atoms with E-state index in [2.05, 4.69) is 0 Å². The van der Waals surface area contributed by atoms with E-state index in [4.69, 9.17) is 4.74 Å². The van der Waals surface area contributed by atoms with Crippen molar-refractivity contribution in [2.75, 3.05) is 6.61 Å². The van der Waals surface area contributed by atoms with E-state index in [-0.39, 0.29) is 24.1 Å². The van der Waals surface area contributed by atoms with Crippen molar-refractivity contribution in [3.63, 3.8) is 0 Å². The summed E-state index contributed by atoms with van der Waals surface area (Å²) in [4.78, 5) is 25.1. The Labute approximate surface area is 89.6 Å². The number of rotatable bonds is 1. The Hall–Kier alpha value is -1.06. The predicted octanol–water partition coefficient (Wildman–Crippen LogP) is 1.58. The van der Waals surface area contributed by atoms with Crippen LogP contribution in [0.3, 0.4) is 0 Å². The molecular formula is C11H17NO3. The normalized spacial score (nSPS) is 34.4. The van der Waals surface area contributed by atoms with Gasteiger partial charge in [-0.15, -0.1) is 0 Å². The highest BCUT2D eigenvalue weighted by Crippen LogP contribution is 2.37. The summed E-state index contributed by atoms with van der Waals surface area (Å²) in [5, 5.41) is 0. The van der Waals surface area contributed by atoms with Crippen LogP contribution in [0, 0.1) is 5.92 Å². The lowest BCUT2D eigenvalue weighted by atomic mass is 9.91. The van der Waals surface area contributed by atoms with Crippen molar-refractivity contribution < 1.29 is 14.3 Å². The van der Waals surface area contributed by atoms with Crippen molar-refractivity contribution in [3.8, 4) is 0 Å². The van der Waals surface area contributed by atoms with Gasteiger partial charge in [-0.1, -0.05) is 6.92 Å². The SMILES string of the molecule is CCOC(=O)N1[C@H]2CC[C@@H]1[C@H](C)C(=O)C2. The van der Waals surface area contributed by atoms with Gasteiger partial charge in [-0.2, -0.15) is 0 Å². The summed E-state index contributed by atoms with van der Waals surface area (Å²) in [6.07, 6.45) is 2.15. The molecule has 0 aliphatic carbocycles. The molecule has 0 N–H and O–H groups in total. The predicted molar refractivity (Wildman–Crippen MR) is 54.5 cm³/mol. The average Bonchev–Trinajstić information content (AvgIpc) is 2.54. The zero-order valence-electron chi connectivity index (χ0n) is 9.23. The molecule has 2 saturated heterocycles. The third-order valence-electron chi connectivity index (χ3n) is 3.55. The smallest absolute Gasteiger partial charge is 0.410 e. The maximum Gasteiger partial charge on any atom is 0.410 e. The second kappa shape index (κ2) is 3.83. The minimum atomic E-state index is -0.246. The monoisotopic (exact) mass is 211 g/mol. The quantitative estimate of drug-likeness (QED) is 0.661. The summed E-state index contributed by atoms with van der Waals surface area (Å²) in [7, 11) is 0. The van der Waals surface area contributed by atoms with Gasteiger partial charge in [0.15, 0.2) is 0 Å². The number of fused-ring (bicyclic) bond motifs is 2. The molecule has 4 heteroatoms. The Morgan fingerprint density at radius 3 is 2.93 bits per heavy atom. The molecular weight excluding hydrogens is 194 g/mol. The van der Waals surface area contributed by atoms with E-state index in [1.807, 2.05) is 6.92 Å². The van der Waals surface area contributed by atoms with Gasteiger partial charge in [-0.3, -0.25) is 4.79 Å². The summed E-state index contributed by atoms with van der Waals surface area (Å²) in [5.41, 5.74) is 0. The van der Waals surface area contributed by atoms with Gasteiger partial charge in [0.05, 0.1) is 6.61 Å². The Bertz CT molecular complexity index is 290. The minimum Gasteiger partial charge on any atom is -0.450 e. The summed E-state index contributed by atoms with van der Waals surface area (Å²) < 4.78 is 5.02. The zero-order chi connectivity index (χ0) is 11.0. The molecule has 0 aromatic rings. The topological polar surface area (TPSA) is 46.6 Å². The summed E-state index contributed by atoms with van der Waals surface area (Å²) in [5.74, 6) is 0.274. The number of Topliss-reactive ketones (excluding diaryl/α,β-unsaturated/α-hetero) is 1. The molecule has 0 aromatic carbocycles. The lowest BCUT2D eigenvalue weighted by Gasteiger charge is -2.36. The average molecular weight is 211 g/mol. The number of carbonyl (C=O) groups is 2. The number of ketones is 1. The maximum absolute atomic E-state index is 11.7. The Kier molecular flexibility index (Phi) is 2.67. The van der Waals surface area contributed by atoms with E-state index in [1.54, 1.807) is 11.8 Å². The van der Waals surface area contributed by atoms with Crippen molar-refractivity contribution in [3.05, 3.63) is 0 Å². The fourth-order valence-corrected chi connectivity index (χ4v) is 2.72. The number of nitrogens with zero attached hydrogens (tertiary/aromatic N) is 1. The fourth-order valence-electron chi connectivity index (χ4n) is 2.72. The van der Waals surface area contributed by atoms with Crippen LogP contribution in [-0.2, 0) is 9.53 Å². The van der Waals surface area contributed by atoms with Gasteiger partial charge in [0.2, 0.25) is 0 Å². The third-order valence-corrected chi connectivity index (χ3v) is 3.55. The molecule has 0 saturated carbocycles. The molecule has 0 spiro atoms. The first-order chi connectivity index (χ1) is 7.15. The molecule has 4 nitrogen and oxygen atoms in total. The number of ether oxygens (including phenoxy) is 1. The Morgan fingerprint density at radius 1 is 1.53 bits per heavy atom. The standard InChI is InChI=1S/C11H17NO3/c1-3-15-11(14)12-8-4-5-9(12)7(2)10(13)6-8/h7-9H,3-6H2,1-2H3/t7-,8-,9+/m0/s1. The van der Waals surface area contributed by atoms with Crippen LogP contribution < -0.4 is 0 Å².